The predicted octanol–water partition coefficient (Wildman–Crippen LogP) is 4.49. The summed E-state index contributed by atoms with van der Waals surface area (Å²) in [5, 5.41) is 21.8. The highest BCUT2D eigenvalue weighted by Crippen LogP contribution is 2.37. The standard InChI is InChI=1S/C36H37ClN10O2/c1-24(46-19-26(18-39)40-23-46)35(48)47-17-16-45(20-27(47)11-13-38)34-29-12-15-44(32-10-4-7-25-6-3-9-30(37)33(25)32)21-31(29)41-36(42-34)49-22-28-8-5-14-43(28)2/h3-4,6-7,9-10,19,23,27-28H,1,5,8,11-12,14-17,20-22H2,2H3/t27-,28-/m0/s1. The van der Waals surface area contributed by atoms with Gasteiger partial charge in [-0.05, 0) is 50.4 Å². The lowest BCUT2D eigenvalue weighted by atomic mass is 10.0. The Morgan fingerprint density at radius 1 is 1.08 bits per heavy atom. The molecule has 4 aromatic rings. The second-order valence-electron chi connectivity index (χ2n) is 12.8. The van der Waals surface area contributed by atoms with Crippen molar-refractivity contribution in [2.24, 2.45) is 0 Å². The third-order valence-electron chi connectivity index (χ3n) is 9.90. The van der Waals surface area contributed by atoms with Crippen molar-refractivity contribution < 1.29 is 9.53 Å². The number of hydrogen-bond donors (Lipinski definition) is 0. The number of anilines is 2. The summed E-state index contributed by atoms with van der Waals surface area (Å²) < 4.78 is 7.78. The van der Waals surface area contributed by atoms with Crippen molar-refractivity contribution in [3.63, 3.8) is 0 Å². The number of amides is 1. The Bertz CT molecular complexity index is 1990. The topological polar surface area (TPSA) is 130 Å². The number of imidazole rings is 1. The van der Waals surface area contributed by atoms with E-state index in [1.54, 1.807) is 4.90 Å². The van der Waals surface area contributed by atoms with Gasteiger partial charge in [-0.25, -0.2) is 4.98 Å². The lowest BCUT2D eigenvalue weighted by Crippen LogP contribution is -2.56. The summed E-state index contributed by atoms with van der Waals surface area (Å²) in [5.41, 5.74) is 3.37. The maximum atomic E-state index is 13.6. The van der Waals surface area contributed by atoms with Crippen molar-refractivity contribution in [3.05, 3.63) is 77.5 Å². The van der Waals surface area contributed by atoms with Crippen LogP contribution in [0.5, 0.6) is 6.01 Å². The van der Waals surface area contributed by atoms with E-state index in [-0.39, 0.29) is 23.7 Å². The first-order chi connectivity index (χ1) is 23.8. The highest BCUT2D eigenvalue weighted by molar-refractivity contribution is 6.36. The highest BCUT2D eigenvalue weighted by Gasteiger charge is 2.35. The van der Waals surface area contributed by atoms with Crippen LogP contribution in [-0.2, 0) is 17.8 Å². The Morgan fingerprint density at radius 3 is 2.67 bits per heavy atom. The molecule has 0 aliphatic carbocycles. The minimum Gasteiger partial charge on any atom is -0.462 e. The summed E-state index contributed by atoms with van der Waals surface area (Å²) in [6.07, 6.45) is 5.93. The number of carbonyl (C=O) groups is 1. The van der Waals surface area contributed by atoms with Crippen molar-refractivity contribution in [3.8, 4) is 18.1 Å². The van der Waals surface area contributed by atoms with Gasteiger partial charge in [-0.1, -0.05) is 42.4 Å². The first kappa shape index (κ1) is 32.4. The number of nitriles is 2. The van der Waals surface area contributed by atoms with E-state index in [0.29, 0.717) is 56.3 Å². The molecular weight excluding hydrogens is 640 g/mol. The van der Waals surface area contributed by atoms with E-state index in [9.17, 15) is 15.3 Å². The molecule has 0 radical (unpaired) electrons. The van der Waals surface area contributed by atoms with Crippen molar-refractivity contribution in [2.75, 3.05) is 56.2 Å². The van der Waals surface area contributed by atoms with E-state index >= 15 is 0 Å². The van der Waals surface area contributed by atoms with E-state index in [1.807, 2.05) is 18.2 Å². The molecule has 2 aromatic heterocycles. The molecule has 2 atom stereocenters. The first-order valence-corrected chi connectivity index (χ1v) is 16.9. The second kappa shape index (κ2) is 13.7. The summed E-state index contributed by atoms with van der Waals surface area (Å²) in [6, 6.07) is 16.7. The smallest absolute Gasteiger partial charge is 0.318 e. The monoisotopic (exact) mass is 676 g/mol. The molecule has 49 heavy (non-hydrogen) atoms. The van der Waals surface area contributed by atoms with Crippen LogP contribution < -0.4 is 14.5 Å². The Hall–Kier alpha value is -5.17. The number of rotatable bonds is 8. The van der Waals surface area contributed by atoms with E-state index < -0.39 is 6.04 Å². The van der Waals surface area contributed by atoms with Crippen LogP contribution in [0, 0.1) is 22.7 Å². The molecule has 7 rings (SSSR count). The number of nitrogens with zero attached hydrogens (tertiary/aromatic N) is 10. The maximum absolute atomic E-state index is 13.6. The van der Waals surface area contributed by atoms with Gasteiger partial charge in [0.1, 0.15) is 30.5 Å². The fraction of sp³-hybridized carbons (Fsp3) is 0.389. The molecule has 3 aliphatic heterocycles. The summed E-state index contributed by atoms with van der Waals surface area (Å²) in [5.74, 6) is 0.484. The summed E-state index contributed by atoms with van der Waals surface area (Å²) >= 11 is 6.73. The number of fused-ring (bicyclic) bond motifs is 2. The fourth-order valence-electron chi connectivity index (χ4n) is 7.22. The van der Waals surface area contributed by atoms with Crippen molar-refractivity contribution in [2.45, 2.75) is 44.3 Å². The van der Waals surface area contributed by atoms with Crippen LogP contribution in [0.4, 0.5) is 11.5 Å². The molecule has 2 aromatic carbocycles. The first-order valence-electron chi connectivity index (χ1n) is 16.6. The minimum atomic E-state index is -0.401. The predicted molar refractivity (Wildman–Crippen MR) is 187 cm³/mol. The highest BCUT2D eigenvalue weighted by atomic mass is 35.5. The summed E-state index contributed by atoms with van der Waals surface area (Å²) in [7, 11) is 2.12. The molecule has 0 saturated carbocycles. The van der Waals surface area contributed by atoms with Gasteiger partial charge in [0.05, 0.1) is 35.8 Å². The molecular formula is C36H37ClN10O2. The molecule has 0 unspecified atom stereocenters. The third-order valence-corrected chi connectivity index (χ3v) is 10.2. The van der Waals surface area contributed by atoms with Crippen molar-refractivity contribution >= 4 is 45.5 Å². The van der Waals surface area contributed by atoms with Gasteiger partial charge in [0.15, 0.2) is 5.69 Å². The number of piperazine rings is 1. The van der Waals surface area contributed by atoms with Crippen LogP contribution in [0.25, 0.3) is 16.5 Å². The third kappa shape index (κ3) is 6.38. The van der Waals surface area contributed by atoms with Crippen LogP contribution in [0.3, 0.4) is 0 Å². The van der Waals surface area contributed by atoms with E-state index in [4.69, 9.17) is 26.3 Å². The molecule has 13 heteroatoms. The number of ether oxygens (including phenoxy) is 1. The van der Waals surface area contributed by atoms with Gasteiger partial charge in [-0.3, -0.25) is 4.79 Å². The molecule has 5 heterocycles. The van der Waals surface area contributed by atoms with Crippen LogP contribution >= 0.6 is 11.6 Å². The zero-order valence-corrected chi connectivity index (χ0v) is 28.2. The number of halogens is 1. The van der Waals surface area contributed by atoms with Crippen LogP contribution in [0.2, 0.25) is 5.02 Å². The van der Waals surface area contributed by atoms with E-state index in [0.717, 1.165) is 59.5 Å². The molecule has 0 spiro atoms. The molecule has 0 N–H and O–H groups in total. The average Bonchev–Trinajstić information content (AvgIpc) is 3.78. The van der Waals surface area contributed by atoms with Crippen molar-refractivity contribution in [1.29, 1.82) is 10.5 Å². The minimum absolute atomic E-state index is 0.142. The number of likely N-dealkylation sites (tertiary alicyclic amines) is 1. The molecule has 2 saturated heterocycles. The number of benzene rings is 2. The van der Waals surface area contributed by atoms with Gasteiger partial charge in [0.25, 0.3) is 5.91 Å². The van der Waals surface area contributed by atoms with Crippen molar-refractivity contribution in [1.82, 2.24) is 29.3 Å². The second-order valence-corrected chi connectivity index (χ2v) is 13.2. The Kier molecular flexibility index (Phi) is 9.09. The lowest BCUT2D eigenvalue weighted by Gasteiger charge is -2.42. The quantitative estimate of drug-likeness (QED) is 0.246. The zero-order valence-electron chi connectivity index (χ0n) is 27.4. The van der Waals surface area contributed by atoms with Crippen LogP contribution in [0.1, 0.15) is 36.2 Å². The zero-order chi connectivity index (χ0) is 34.1. The molecule has 250 valence electrons. The summed E-state index contributed by atoms with van der Waals surface area (Å²) in [4.78, 5) is 36.1. The van der Waals surface area contributed by atoms with Gasteiger partial charge in [0, 0.05) is 55.1 Å². The summed E-state index contributed by atoms with van der Waals surface area (Å²) in [6.45, 7) is 8.11. The Balaban J connectivity index is 1.19. The Morgan fingerprint density at radius 2 is 1.92 bits per heavy atom. The van der Waals surface area contributed by atoms with Gasteiger partial charge in [0.2, 0.25) is 0 Å². The van der Waals surface area contributed by atoms with Crippen LogP contribution in [0.15, 0.2) is 55.5 Å². The largest absolute Gasteiger partial charge is 0.462 e. The normalized spacial score (nSPS) is 19.4. The molecule has 3 aliphatic rings. The average molecular weight is 677 g/mol. The van der Waals surface area contributed by atoms with Gasteiger partial charge in [-0.15, -0.1) is 0 Å². The van der Waals surface area contributed by atoms with Crippen LogP contribution in [-0.4, -0.2) is 93.7 Å². The number of carbonyl (C=O) groups excluding carboxylic acids is 1. The lowest BCUT2D eigenvalue weighted by molar-refractivity contribution is -0.128. The number of likely N-dealkylation sites (N-methyl/N-ethyl adjacent to an activating group) is 1. The number of aromatic nitrogens is 4. The number of hydrogen-bond acceptors (Lipinski definition) is 10. The molecule has 0 bridgehead atoms. The molecule has 2 fully saturated rings. The maximum Gasteiger partial charge on any atom is 0.318 e. The Labute approximate surface area is 290 Å². The van der Waals surface area contributed by atoms with Gasteiger partial charge < -0.3 is 28.9 Å². The fourth-order valence-corrected chi connectivity index (χ4v) is 7.50. The van der Waals surface area contributed by atoms with E-state index in [1.165, 1.54) is 17.1 Å². The molecule has 12 nitrogen and oxygen atoms in total. The SMILES string of the molecule is C=C(C(=O)N1CCN(c2nc(OC[C@@H]3CCCN3C)nc3c2CCN(c2cccc4cccc(Cl)c24)C3)C[C@@H]1CC#N)n1cnc(C#N)c1. The van der Waals surface area contributed by atoms with Gasteiger partial charge >= 0.3 is 6.01 Å². The molecule has 1 amide bonds. The van der Waals surface area contributed by atoms with Gasteiger partial charge in [-0.2, -0.15) is 20.5 Å². The van der Waals surface area contributed by atoms with E-state index in [2.05, 4.69) is 63.6 Å².